The van der Waals surface area contributed by atoms with E-state index in [1.807, 2.05) is 18.9 Å². The van der Waals surface area contributed by atoms with E-state index in [4.69, 9.17) is 4.74 Å². The number of carbonyl (C=O) groups excluding carboxylic acids is 2. The van der Waals surface area contributed by atoms with E-state index in [0.717, 1.165) is 18.6 Å². The molecule has 0 spiro atoms. The van der Waals surface area contributed by atoms with Gasteiger partial charge < -0.3 is 15.0 Å². The fourth-order valence-corrected chi connectivity index (χ4v) is 5.99. The summed E-state index contributed by atoms with van der Waals surface area (Å²) in [6.07, 6.45) is 1.20. The van der Waals surface area contributed by atoms with Gasteiger partial charge in [0.05, 0.1) is 16.0 Å². The lowest BCUT2D eigenvalue weighted by Crippen LogP contribution is -2.66. The highest BCUT2D eigenvalue weighted by molar-refractivity contribution is 7.18. The van der Waals surface area contributed by atoms with Crippen LogP contribution in [0.4, 0.5) is 9.39 Å². The van der Waals surface area contributed by atoms with Gasteiger partial charge in [0.2, 0.25) is 0 Å². The predicted octanol–water partition coefficient (Wildman–Crippen LogP) is 4.33. The van der Waals surface area contributed by atoms with Gasteiger partial charge in [-0.1, -0.05) is 19.9 Å². The highest BCUT2D eigenvalue weighted by Gasteiger charge is 2.61. The number of nitrogens with zero attached hydrogens (tertiary/aromatic N) is 1. The smallest absolute Gasteiger partial charge is 0.264 e. The van der Waals surface area contributed by atoms with Crippen LogP contribution in [0.25, 0.3) is 0 Å². The summed E-state index contributed by atoms with van der Waals surface area (Å²) in [6, 6.07) is 7.45. The van der Waals surface area contributed by atoms with Crippen LogP contribution in [0.15, 0.2) is 30.3 Å². The number of thiophene rings is 1. The second-order valence-electron chi connectivity index (χ2n) is 8.51. The second-order valence-corrected chi connectivity index (χ2v) is 9.57. The maximum atomic E-state index is 13.4. The Morgan fingerprint density at radius 2 is 2.07 bits per heavy atom. The first-order chi connectivity index (χ1) is 13.7. The van der Waals surface area contributed by atoms with Crippen LogP contribution in [0.5, 0.6) is 0 Å². The molecule has 0 bridgehead atoms. The Balaban J connectivity index is 1.50. The Bertz CT molecular complexity index is 971. The summed E-state index contributed by atoms with van der Waals surface area (Å²) >= 11 is 1.25. The number of carbonyl (C=O) groups is 2. The zero-order valence-electron chi connectivity index (χ0n) is 17.0. The average molecular weight is 417 g/mol. The van der Waals surface area contributed by atoms with Gasteiger partial charge in [0, 0.05) is 36.6 Å². The molecule has 29 heavy (non-hydrogen) atoms. The number of halogens is 1. The van der Waals surface area contributed by atoms with Crippen LogP contribution < -0.4 is 5.32 Å². The van der Waals surface area contributed by atoms with Crippen molar-refractivity contribution >= 4 is 28.2 Å². The lowest BCUT2D eigenvalue weighted by atomic mass is 9.57. The fraction of sp³-hybridized carbons (Fsp3) is 0.455. The van der Waals surface area contributed by atoms with Gasteiger partial charge in [-0.2, -0.15) is 0 Å². The van der Waals surface area contributed by atoms with Crippen molar-refractivity contribution in [3.05, 3.63) is 52.2 Å². The van der Waals surface area contributed by atoms with Gasteiger partial charge >= 0.3 is 0 Å². The van der Waals surface area contributed by atoms with Crippen LogP contribution in [0.3, 0.4) is 0 Å². The molecule has 5 nitrogen and oxygen atoms in total. The monoisotopic (exact) mass is 416 g/mol. The largest absolute Gasteiger partial charge is 0.377 e. The number of anilines is 1. The molecule has 154 valence electrons. The minimum atomic E-state index is -0.463. The summed E-state index contributed by atoms with van der Waals surface area (Å²) in [6.45, 7) is 6.92. The molecule has 2 aliphatic rings. The van der Waals surface area contributed by atoms with Crippen molar-refractivity contribution in [3.63, 3.8) is 0 Å². The predicted molar refractivity (Wildman–Crippen MR) is 111 cm³/mol. The molecule has 1 N–H and O–H groups in total. The van der Waals surface area contributed by atoms with Crippen molar-refractivity contribution in [2.24, 2.45) is 11.3 Å². The third-order valence-corrected chi connectivity index (χ3v) is 7.35. The molecule has 2 aromatic rings. The molecule has 2 amide bonds. The molecule has 4 rings (SSSR count). The molecule has 1 aliphatic carbocycles. The number of amides is 2. The van der Waals surface area contributed by atoms with E-state index < -0.39 is 11.7 Å². The first kappa shape index (κ1) is 20.0. The summed E-state index contributed by atoms with van der Waals surface area (Å²) in [5.74, 6) is -0.521. The summed E-state index contributed by atoms with van der Waals surface area (Å²) in [5, 5.41) is 3.35. The van der Waals surface area contributed by atoms with Crippen molar-refractivity contribution in [2.75, 3.05) is 19.0 Å². The zero-order valence-corrected chi connectivity index (χ0v) is 17.8. The van der Waals surface area contributed by atoms with Crippen LogP contribution >= 0.6 is 11.3 Å². The minimum Gasteiger partial charge on any atom is -0.377 e. The van der Waals surface area contributed by atoms with Crippen molar-refractivity contribution in [2.45, 2.75) is 39.3 Å². The SMILES string of the molecule is Cc1cc(NC(=O)c2cccc(F)c2)sc1C(=O)N(C)[C@@H]1[C@H]2CCO[C@H]2C1(C)C. The van der Waals surface area contributed by atoms with E-state index in [9.17, 15) is 14.0 Å². The summed E-state index contributed by atoms with van der Waals surface area (Å²) < 4.78 is 19.2. The maximum absolute atomic E-state index is 13.4. The number of hydrogen-bond acceptors (Lipinski definition) is 4. The molecular formula is C22H25FN2O3S. The first-order valence-corrected chi connectivity index (χ1v) is 10.6. The summed E-state index contributed by atoms with van der Waals surface area (Å²) in [4.78, 5) is 28.1. The van der Waals surface area contributed by atoms with Crippen LogP contribution in [0.1, 0.15) is 45.9 Å². The van der Waals surface area contributed by atoms with Crippen LogP contribution in [-0.2, 0) is 4.74 Å². The molecule has 1 aromatic carbocycles. The van der Waals surface area contributed by atoms with E-state index in [0.29, 0.717) is 15.8 Å². The summed E-state index contributed by atoms with van der Waals surface area (Å²) in [7, 11) is 1.85. The van der Waals surface area contributed by atoms with Crippen molar-refractivity contribution in [3.8, 4) is 0 Å². The molecule has 0 radical (unpaired) electrons. The minimum absolute atomic E-state index is 0.0396. The first-order valence-electron chi connectivity index (χ1n) is 9.76. The molecule has 1 aliphatic heterocycles. The number of hydrogen-bond donors (Lipinski definition) is 1. The topological polar surface area (TPSA) is 58.6 Å². The quantitative estimate of drug-likeness (QED) is 0.807. The van der Waals surface area contributed by atoms with E-state index >= 15 is 0 Å². The Morgan fingerprint density at radius 1 is 1.31 bits per heavy atom. The molecule has 1 saturated heterocycles. The number of benzene rings is 1. The van der Waals surface area contributed by atoms with E-state index in [1.54, 1.807) is 12.1 Å². The molecule has 1 aromatic heterocycles. The number of fused-ring (bicyclic) bond motifs is 1. The lowest BCUT2D eigenvalue weighted by molar-refractivity contribution is -0.139. The zero-order chi connectivity index (χ0) is 20.9. The van der Waals surface area contributed by atoms with E-state index in [1.165, 1.54) is 29.5 Å². The maximum Gasteiger partial charge on any atom is 0.264 e. The van der Waals surface area contributed by atoms with Crippen LogP contribution in [0.2, 0.25) is 0 Å². The van der Waals surface area contributed by atoms with Gasteiger partial charge in [0.15, 0.2) is 0 Å². The van der Waals surface area contributed by atoms with E-state index in [-0.39, 0.29) is 29.0 Å². The van der Waals surface area contributed by atoms with Gasteiger partial charge in [-0.3, -0.25) is 9.59 Å². The van der Waals surface area contributed by atoms with E-state index in [2.05, 4.69) is 19.2 Å². The summed E-state index contributed by atoms with van der Waals surface area (Å²) in [5.41, 5.74) is 0.979. The molecule has 0 unspecified atom stereocenters. The number of aryl methyl sites for hydroxylation is 1. The Kier molecular flexibility index (Phi) is 4.99. The van der Waals surface area contributed by atoms with Gasteiger partial charge in [0.25, 0.3) is 11.8 Å². The van der Waals surface area contributed by atoms with Gasteiger partial charge in [0.1, 0.15) is 5.82 Å². The average Bonchev–Trinajstić information content (AvgIpc) is 3.26. The lowest BCUT2D eigenvalue weighted by Gasteiger charge is -2.57. The molecule has 2 heterocycles. The molecule has 2 fully saturated rings. The molecule has 7 heteroatoms. The standard InChI is InChI=1S/C22H25FN2O3S/c1-12-10-16(24-20(26)13-6-5-7-14(23)11-13)29-17(12)21(27)25(4)18-15-8-9-28-19(15)22(18,2)3/h5-7,10-11,15,18-19H,8-9H2,1-4H3,(H,24,26)/t15-,18-,19-/m1/s1. The third-order valence-electron chi connectivity index (χ3n) is 6.21. The van der Waals surface area contributed by atoms with Gasteiger partial charge in [-0.25, -0.2) is 4.39 Å². The highest BCUT2D eigenvalue weighted by atomic mass is 32.1. The fourth-order valence-electron chi connectivity index (χ4n) is 4.94. The van der Waals surface area contributed by atoms with Crippen molar-refractivity contribution in [1.29, 1.82) is 0 Å². The Hall–Kier alpha value is -2.25. The van der Waals surface area contributed by atoms with Gasteiger partial charge in [-0.05, 0) is 43.2 Å². The highest BCUT2D eigenvalue weighted by Crippen LogP contribution is 2.54. The van der Waals surface area contributed by atoms with Crippen molar-refractivity contribution < 1.29 is 18.7 Å². The number of nitrogens with one attached hydrogen (secondary N) is 1. The molecule has 3 atom stereocenters. The van der Waals surface area contributed by atoms with Gasteiger partial charge in [-0.15, -0.1) is 11.3 Å². The normalized spacial score (nSPS) is 24.5. The third kappa shape index (κ3) is 3.36. The molecular weight excluding hydrogens is 391 g/mol. The Morgan fingerprint density at radius 3 is 2.79 bits per heavy atom. The van der Waals surface area contributed by atoms with Crippen LogP contribution in [0, 0.1) is 24.1 Å². The van der Waals surface area contributed by atoms with Crippen LogP contribution in [-0.4, -0.2) is 42.5 Å². The number of ether oxygens (including phenoxy) is 1. The Labute approximate surface area is 173 Å². The van der Waals surface area contributed by atoms with Crippen molar-refractivity contribution in [1.82, 2.24) is 4.90 Å². The molecule has 1 saturated carbocycles. The number of rotatable bonds is 4. The second kappa shape index (κ2) is 7.22.